The van der Waals surface area contributed by atoms with Gasteiger partial charge in [-0.1, -0.05) is 17.3 Å². The minimum Gasteiger partial charge on any atom is -0.493 e. The van der Waals surface area contributed by atoms with Crippen LogP contribution in [0.1, 0.15) is 11.1 Å². The van der Waals surface area contributed by atoms with E-state index in [4.69, 9.17) is 14.2 Å². The number of benzene rings is 2. The number of rotatable bonds is 6. The molecule has 156 valence electrons. The van der Waals surface area contributed by atoms with Crippen LogP contribution in [0.4, 0.5) is 0 Å². The van der Waals surface area contributed by atoms with Gasteiger partial charge in [0.25, 0.3) is 5.91 Å². The molecule has 0 fully saturated rings. The molecule has 0 aliphatic carbocycles. The van der Waals surface area contributed by atoms with Crippen LogP contribution < -0.4 is 9.47 Å². The highest BCUT2D eigenvalue weighted by atomic mass is 16.5. The van der Waals surface area contributed by atoms with Crippen LogP contribution >= 0.6 is 0 Å². The molecule has 0 atom stereocenters. The zero-order valence-corrected chi connectivity index (χ0v) is 16.8. The average Bonchev–Trinajstić information content (AvgIpc) is 3.18. The molecule has 1 aliphatic heterocycles. The molecule has 0 spiro atoms. The predicted molar refractivity (Wildman–Crippen MR) is 107 cm³/mol. The summed E-state index contributed by atoms with van der Waals surface area (Å²) in [4.78, 5) is 26.4. The SMILES string of the molecule is COc1cc2c(cc1OC)CN(C(=O)COC(=O)Cn1nnc3ccccc31)CC2. The van der Waals surface area contributed by atoms with Crippen molar-refractivity contribution in [3.8, 4) is 11.5 Å². The molecule has 0 radical (unpaired) electrons. The first-order chi connectivity index (χ1) is 14.6. The molecule has 30 heavy (non-hydrogen) atoms. The third kappa shape index (κ3) is 3.91. The summed E-state index contributed by atoms with van der Waals surface area (Å²) >= 11 is 0. The highest BCUT2D eigenvalue weighted by Crippen LogP contribution is 2.33. The number of nitrogens with zero attached hydrogens (tertiary/aromatic N) is 4. The van der Waals surface area contributed by atoms with Gasteiger partial charge in [-0.15, -0.1) is 5.10 Å². The van der Waals surface area contributed by atoms with Crippen molar-refractivity contribution in [2.45, 2.75) is 19.5 Å². The number of esters is 1. The van der Waals surface area contributed by atoms with Gasteiger partial charge in [0.2, 0.25) is 0 Å². The van der Waals surface area contributed by atoms with Crippen LogP contribution in [0.2, 0.25) is 0 Å². The number of hydrogen-bond donors (Lipinski definition) is 0. The lowest BCUT2D eigenvalue weighted by molar-refractivity contribution is -0.153. The Morgan fingerprint density at radius 1 is 1.07 bits per heavy atom. The topological polar surface area (TPSA) is 95.8 Å². The minimum absolute atomic E-state index is 0.104. The van der Waals surface area contributed by atoms with Crippen LogP contribution in [-0.4, -0.2) is 59.1 Å². The van der Waals surface area contributed by atoms with Crippen molar-refractivity contribution < 1.29 is 23.8 Å². The van der Waals surface area contributed by atoms with Crippen LogP contribution in [0.25, 0.3) is 11.0 Å². The van der Waals surface area contributed by atoms with E-state index in [1.54, 1.807) is 19.1 Å². The first-order valence-corrected chi connectivity index (χ1v) is 9.54. The van der Waals surface area contributed by atoms with Gasteiger partial charge in [0, 0.05) is 13.1 Å². The monoisotopic (exact) mass is 410 g/mol. The fourth-order valence-electron chi connectivity index (χ4n) is 3.53. The second-order valence-electron chi connectivity index (χ2n) is 6.94. The number of carbonyl (C=O) groups is 2. The van der Waals surface area contributed by atoms with Crippen LogP contribution in [0, 0.1) is 0 Å². The van der Waals surface area contributed by atoms with Crippen molar-refractivity contribution >= 4 is 22.9 Å². The standard InChI is InChI=1S/C21H22N4O5/c1-28-18-9-14-7-8-24(11-15(14)10-19(18)29-2)20(26)13-30-21(27)12-25-17-6-4-3-5-16(17)22-23-25/h3-6,9-10H,7-8,11-13H2,1-2H3. The number of ether oxygens (including phenoxy) is 3. The third-order valence-electron chi connectivity index (χ3n) is 5.13. The van der Waals surface area contributed by atoms with Gasteiger partial charge in [0.15, 0.2) is 18.1 Å². The summed E-state index contributed by atoms with van der Waals surface area (Å²) in [7, 11) is 3.17. The normalized spacial score (nSPS) is 13.1. The van der Waals surface area contributed by atoms with Crippen LogP contribution in [0.3, 0.4) is 0 Å². The predicted octanol–water partition coefficient (Wildman–Crippen LogP) is 1.58. The van der Waals surface area contributed by atoms with Crippen molar-refractivity contribution in [3.63, 3.8) is 0 Å². The van der Waals surface area contributed by atoms with E-state index in [1.807, 2.05) is 36.4 Å². The molecular formula is C21H22N4O5. The number of hydrogen-bond acceptors (Lipinski definition) is 7. The zero-order valence-electron chi connectivity index (χ0n) is 16.8. The molecule has 1 amide bonds. The minimum atomic E-state index is -0.539. The smallest absolute Gasteiger partial charge is 0.328 e. The largest absolute Gasteiger partial charge is 0.493 e. The second kappa shape index (κ2) is 8.40. The van der Waals surface area contributed by atoms with Crippen molar-refractivity contribution in [1.82, 2.24) is 19.9 Å². The molecule has 2 heterocycles. The third-order valence-corrected chi connectivity index (χ3v) is 5.13. The van der Waals surface area contributed by atoms with E-state index < -0.39 is 5.97 Å². The van der Waals surface area contributed by atoms with Gasteiger partial charge in [-0.2, -0.15) is 0 Å². The van der Waals surface area contributed by atoms with E-state index in [1.165, 1.54) is 4.68 Å². The molecule has 9 heteroatoms. The van der Waals surface area contributed by atoms with E-state index in [2.05, 4.69) is 10.3 Å². The molecule has 2 aromatic carbocycles. The van der Waals surface area contributed by atoms with Gasteiger partial charge < -0.3 is 19.1 Å². The van der Waals surface area contributed by atoms with Crippen molar-refractivity contribution in [2.24, 2.45) is 0 Å². The molecule has 0 unspecified atom stereocenters. The molecule has 0 bridgehead atoms. The van der Waals surface area contributed by atoms with Gasteiger partial charge in [-0.3, -0.25) is 9.59 Å². The Balaban J connectivity index is 1.35. The summed E-state index contributed by atoms with van der Waals surface area (Å²) in [6.45, 7) is 0.564. The highest BCUT2D eigenvalue weighted by molar-refractivity contribution is 5.81. The number of amides is 1. The van der Waals surface area contributed by atoms with E-state index in [0.29, 0.717) is 36.5 Å². The second-order valence-corrected chi connectivity index (χ2v) is 6.94. The summed E-state index contributed by atoms with van der Waals surface area (Å²) in [6.07, 6.45) is 0.695. The fraction of sp³-hybridized carbons (Fsp3) is 0.333. The molecule has 1 aliphatic rings. The Morgan fingerprint density at radius 3 is 2.57 bits per heavy atom. The fourth-order valence-corrected chi connectivity index (χ4v) is 3.53. The first kappa shape index (κ1) is 19.7. The number of carbonyl (C=O) groups excluding carboxylic acids is 2. The van der Waals surface area contributed by atoms with Gasteiger partial charge in [-0.25, -0.2) is 4.68 Å². The maximum Gasteiger partial charge on any atom is 0.328 e. The Bertz CT molecular complexity index is 1090. The van der Waals surface area contributed by atoms with E-state index in [0.717, 1.165) is 16.6 Å². The van der Waals surface area contributed by atoms with Crippen LogP contribution in [0.5, 0.6) is 11.5 Å². The van der Waals surface area contributed by atoms with E-state index >= 15 is 0 Å². The molecular weight excluding hydrogens is 388 g/mol. The highest BCUT2D eigenvalue weighted by Gasteiger charge is 2.24. The summed E-state index contributed by atoms with van der Waals surface area (Å²) in [5, 5.41) is 7.96. The number of para-hydroxylation sites is 1. The molecule has 0 N–H and O–H groups in total. The summed E-state index contributed by atoms with van der Waals surface area (Å²) in [5.41, 5.74) is 3.54. The molecule has 4 rings (SSSR count). The Kier molecular flexibility index (Phi) is 5.51. The quantitative estimate of drug-likeness (QED) is 0.569. The Morgan fingerprint density at radius 2 is 1.80 bits per heavy atom. The molecule has 0 saturated heterocycles. The first-order valence-electron chi connectivity index (χ1n) is 9.54. The molecule has 9 nitrogen and oxygen atoms in total. The number of aromatic nitrogens is 3. The zero-order chi connectivity index (χ0) is 21.1. The summed E-state index contributed by atoms with van der Waals surface area (Å²) < 4.78 is 17.3. The molecule has 0 saturated carbocycles. The maximum absolute atomic E-state index is 12.6. The van der Waals surface area contributed by atoms with Gasteiger partial charge in [0.05, 0.1) is 19.7 Å². The van der Waals surface area contributed by atoms with Gasteiger partial charge >= 0.3 is 5.97 Å². The number of methoxy groups -OCH3 is 2. The van der Waals surface area contributed by atoms with Gasteiger partial charge in [0.1, 0.15) is 12.1 Å². The summed E-state index contributed by atoms with van der Waals surface area (Å²) in [5.74, 6) is 0.512. The molecule has 1 aromatic heterocycles. The Hall–Kier alpha value is -3.62. The van der Waals surface area contributed by atoms with Crippen molar-refractivity contribution in [1.29, 1.82) is 0 Å². The van der Waals surface area contributed by atoms with Gasteiger partial charge in [-0.05, 0) is 41.8 Å². The number of fused-ring (bicyclic) bond motifs is 2. The van der Waals surface area contributed by atoms with Crippen LogP contribution in [-0.2, 0) is 33.8 Å². The van der Waals surface area contributed by atoms with Crippen molar-refractivity contribution in [2.75, 3.05) is 27.4 Å². The van der Waals surface area contributed by atoms with Crippen LogP contribution in [0.15, 0.2) is 36.4 Å². The lowest BCUT2D eigenvalue weighted by Gasteiger charge is -2.29. The average molecular weight is 410 g/mol. The van der Waals surface area contributed by atoms with Crippen molar-refractivity contribution in [3.05, 3.63) is 47.5 Å². The maximum atomic E-state index is 12.6. The Labute approximate surface area is 173 Å². The lowest BCUT2D eigenvalue weighted by atomic mass is 9.99. The van der Waals surface area contributed by atoms with E-state index in [9.17, 15) is 9.59 Å². The summed E-state index contributed by atoms with van der Waals surface area (Å²) in [6, 6.07) is 11.2. The lowest BCUT2D eigenvalue weighted by Crippen LogP contribution is -2.38. The molecule has 3 aromatic rings. The van der Waals surface area contributed by atoms with E-state index in [-0.39, 0.29) is 19.1 Å².